The molecule has 7 heteroatoms. The van der Waals surface area contributed by atoms with Gasteiger partial charge in [0.15, 0.2) is 0 Å². The van der Waals surface area contributed by atoms with Crippen LogP contribution in [0.1, 0.15) is 11.3 Å². The van der Waals surface area contributed by atoms with Crippen molar-refractivity contribution in [3.05, 3.63) is 60.1 Å². The summed E-state index contributed by atoms with van der Waals surface area (Å²) in [5.74, 6) is 0.0894. The lowest BCUT2D eigenvalue weighted by Gasteiger charge is -2.06. The summed E-state index contributed by atoms with van der Waals surface area (Å²) < 4.78 is 5.01. The third kappa shape index (κ3) is 5.49. The Hall–Kier alpha value is -3.09. The molecule has 0 spiro atoms. The van der Waals surface area contributed by atoms with Crippen molar-refractivity contribution in [3.63, 3.8) is 0 Å². The van der Waals surface area contributed by atoms with Crippen molar-refractivity contribution in [1.29, 1.82) is 0 Å². The van der Waals surface area contributed by atoms with E-state index in [2.05, 4.69) is 21.2 Å². The van der Waals surface area contributed by atoms with Gasteiger partial charge in [0.2, 0.25) is 0 Å². The van der Waals surface area contributed by atoms with Crippen LogP contribution in [0.5, 0.6) is 0 Å². The van der Waals surface area contributed by atoms with E-state index in [0.717, 1.165) is 5.56 Å². The van der Waals surface area contributed by atoms with Crippen LogP contribution in [0.3, 0.4) is 0 Å². The summed E-state index contributed by atoms with van der Waals surface area (Å²) in [7, 11) is 0. The highest BCUT2D eigenvalue weighted by Crippen LogP contribution is 1.96. The first-order valence-electron chi connectivity index (χ1n) is 6.65. The van der Waals surface area contributed by atoms with E-state index >= 15 is 0 Å². The molecule has 0 fully saturated rings. The molecule has 3 amide bonds. The van der Waals surface area contributed by atoms with Crippen molar-refractivity contribution in [2.75, 3.05) is 6.54 Å². The lowest BCUT2D eigenvalue weighted by molar-refractivity contribution is -0.120. The molecule has 22 heavy (non-hydrogen) atoms. The molecule has 3 N–H and O–H groups in total. The van der Waals surface area contributed by atoms with Crippen molar-refractivity contribution >= 4 is 18.2 Å². The quantitative estimate of drug-likeness (QED) is 0.553. The molecular weight excluding hydrogens is 284 g/mol. The van der Waals surface area contributed by atoms with E-state index < -0.39 is 11.9 Å². The third-order valence-corrected chi connectivity index (χ3v) is 2.63. The molecule has 0 atom stereocenters. The first-order chi connectivity index (χ1) is 10.7. The fourth-order valence-corrected chi connectivity index (χ4v) is 1.57. The first-order valence-corrected chi connectivity index (χ1v) is 6.65. The standard InChI is InChI=1S/C15H16N4O3/c20-14(19-18-10-13-7-4-8-22-13)11-17-15(21)16-9-12-5-2-1-3-6-12/h1-8,10H,9,11H2,(H,19,20)(H2,16,17,21). The van der Waals surface area contributed by atoms with E-state index in [1.807, 2.05) is 30.3 Å². The summed E-state index contributed by atoms with van der Waals surface area (Å²) in [5.41, 5.74) is 3.26. The van der Waals surface area contributed by atoms with Gasteiger partial charge >= 0.3 is 6.03 Å². The predicted molar refractivity (Wildman–Crippen MR) is 81.1 cm³/mol. The summed E-state index contributed by atoms with van der Waals surface area (Å²) in [6, 6.07) is 12.5. The molecule has 2 rings (SSSR count). The number of carbonyl (C=O) groups is 2. The Morgan fingerprint density at radius 2 is 1.91 bits per heavy atom. The van der Waals surface area contributed by atoms with Crippen LogP contribution in [0, 0.1) is 0 Å². The zero-order valence-corrected chi connectivity index (χ0v) is 11.8. The van der Waals surface area contributed by atoms with Crippen LogP contribution < -0.4 is 16.1 Å². The molecule has 0 saturated heterocycles. The summed E-state index contributed by atoms with van der Waals surface area (Å²) in [4.78, 5) is 23.0. The molecule has 1 aromatic carbocycles. The number of nitrogens with zero attached hydrogens (tertiary/aromatic N) is 1. The van der Waals surface area contributed by atoms with Crippen LogP contribution in [0.2, 0.25) is 0 Å². The predicted octanol–water partition coefficient (Wildman–Crippen LogP) is 1.23. The molecule has 1 aromatic heterocycles. The maximum Gasteiger partial charge on any atom is 0.315 e. The van der Waals surface area contributed by atoms with E-state index in [1.54, 1.807) is 12.1 Å². The van der Waals surface area contributed by atoms with Gasteiger partial charge in [-0.1, -0.05) is 30.3 Å². The SMILES string of the molecule is O=C(CNC(=O)NCc1ccccc1)NN=Cc1ccco1. The number of hydrazone groups is 1. The molecular formula is C15H16N4O3. The van der Waals surface area contributed by atoms with Gasteiger partial charge in [0.25, 0.3) is 5.91 Å². The fourth-order valence-electron chi connectivity index (χ4n) is 1.57. The highest BCUT2D eigenvalue weighted by Gasteiger charge is 2.04. The number of rotatable bonds is 6. The molecule has 1 heterocycles. The molecule has 0 unspecified atom stereocenters. The first kappa shape index (κ1) is 15.3. The number of urea groups is 1. The Balaban J connectivity index is 1.62. The lowest BCUT2D eigenvalue weighted by Crippen LogP contribution is -2.40. The van der Waals surface area contributed by atoms with E-state index in [1.165, 1.54) is 12.5 Å². The van der Waals surface area contributed by atoms with Crippen LogP contribution in [0.4, 0.5) is 4.79 Å². The molecule has 114 valence electrons. The number of hydrogen-bond acceptors (Lipinski definition) is 4. The van der Waals surface area contributed by atoms with Crippen LogP contribution in [-0.4, -0.2) is 24.7 Å². The van der Waals surface area contributed by atoms with Crippen molar-refractivity contribution in [2.24, 2.45) is 5.10 Å². The maximum atomic E-state index is 11.5. The average molecular weight is 300 g/mol. The van der Waals surface area contributed by atoms with E-state index in [0.29, 0.717) is 12.3 Å². The summed E-state index contributed by atoms with van der Waals surface area (Å²) in [6.07, 6.45) is 2.87. The Morgan fingerprint density at radius 1 is 1.09 bits per heavy atom. The Morgan fingerprint density at radius 3 is 2.64 bits per heavy atom. The van der Waals surface area contributed by atoms with E-state index in [-0.39, 0.29) is 6.54 Å². The smallest absolute Gasteiger partial charge is 0.315 e. The van der Waals surface area contributed by atoms with E-state index in [9.17, 15) is 9.59 Å². The van der Waals surface area contributed by atoms with E-state index in [4.69, 9.17) is 4.42 Å². The number of hydrogen-bond donors (Lipinski definition) is 3. The van der Waals surface area contributed by atoms with Crippen LogP contribution in [0.25, 0.3) is 0 Å². The van der Waals surface area contributed by atoms with Gasteiger partial charge in [0, 0.05) is 6.54 Å². The summed E-state index contributed by atoms with van der Waals surface area (Å²) in [5, 5.41) is 8.78. The largest absolute Gasteiger partial charge is 0.463 e. The topological polar surface area (TPSA) is 95.7 Å². The molecule has 0 aliphatic heterocycles. The second-order valence-corrected chi connectivity index (χ2v) is 4.33. The lowest BCUT2D eigenvalue weighted by atomic mass is 10.2. The van der Waals surface area contributed by atoms with Crippen molar-refractivity contribution in [2.45, 2.75) is 6.54 Å². The molecule has 0 radical (unpaired) electrons. The van der Waals surface area contributed by atoms with Crippen molar-refractivity contribution in [1.82, 2.24) is 16.1 Å². The van der Waals surface area contributed by atoms with Crippen LogP contribution in [0.15, 0.2) is 58.2 Å². The van der Waals surface area contributed by atoms with Gasteiger partial charge in [0.05, 0.1) is 12.5 Å². The Kier molecular flexibility index (Phi) is 5.74. The Bertz CT molecular complexity index is 624. The average Bonchev–Trinajstić information content (AvgIpc) is 3.05. The van der Waals surface area contributed by atoms with Crippen molar-refractivity contribution in [3.8, 4) is 0 Å². The van der Waals surface area contributed by atoms with Crippen LogP contribution in [-0.2, 0) is 11.3 Å². The van der Waals surface area contributed by atoms with Gasteiger partial charge in [-0.2, -0.15) is 5.10 Å². The normalized spacial score (nSPS) is 10.4. The monoisotopic (exact) mass is 300 g/mol. The Labute approximate surface area is 127 Å². The highest BCUT2D eigenvalue weighted by molar-refractivity contribution is 5.85. The zero-order chi connectivity index (χ0) is 15.6. The van der Waals surface area contributed by atoms with Crippen LogP contribution >= 0.6 is 0 Å². The number of furan rings is 1. The minimum Gasteiger partial charge on any atom is -0.463 e. The van der Waals surface area contributed by atoms with Gasteiger partial charge < -0.3 is 15.1 Å². The highest BCUT2D eigenvalue weighted by atomic mass is 16.3. The maximum absolute atomic E-state index is 11.5. The van der Waals surface area contributed by atoms with Gasteiger partial charge in [-0.05, 0) is 17.7 Å². The summed E-state index contributed by atoms with van der Waals surface area (Å²) in [6.45, 7) is 0.223. The number of amides is 3. The van der Waals surface area contributed by atoms with Gasteiger partial charge in [-0.25, -0.2) is 10.2 Å². The minimum absolute atomic E-state index is 0.171. The molecule has 2 aromatic rings. The van der Waals surface area contributed by atoms with Crippen molar-refractivity contribution < 1.29 is 14.0 Å². The minimum atomic E-state index is -0.433. The summed E-state index contributed by atoms with van der Waals surface area (Å²) >= 11 is 0. The van der Waals surface area contributed by atoms with Gasteiger partial charge in [-0.15, -0.1) is 0 Å². The van der Waals surface area contributed by atoms with Gasteiger partial charge in [0.1, 0.15) is 12.3 Å². The third-order valence-electron chi connectivity index (χ3n) is 2.63. The second kappa shape index (κ2) is 8.25. The molecule has 7 nitrogen and oxygen atoms in total. The molecule has 0 aliphatic rings. The number of carbonyl (C=O) groups excluding carboxylic acids is 2. The second-order valence-electron chi connectivity index (χ2n) is 4.33. The molecule has 0 aliphatic carbocycles. The number of benzene rings is 1. The molecule has 0 bridgehead atoms. The zero-order valence-electron chi connectivity index (χ0n) is 11.8. The molecule has 0 saturated carbocycles. The number of nitrogens with one attached hydrogen (secondary N) is 3. The fraction of sp³-hybridized carbons (Fsp3) is 0.133. The van der Waals surface area contributed by atoms with Gasteiger partial charge in [-0.3, -0.25) is 4.79 Å².